The van der Waals surface area contributed by atoms with E-state index in [1.807, 2.05) is 19.1 Å². The molecule has 2 aliphatic rings. The molecule has 7 heteroatoms. The number of hydrogen-bond donors (Lipinski definition) is 1. The fourth-order valence-corrected chi connectivity index (χ4v) is 3.79. The van der Waals surface area contributed by atoms with Gasteiger partial charge >= 0.3 is 12.0 Å². The van der Waals surface area contributed by atoms with E-state index in [0.717, 1.165) is 29.7 Å². The van der Waals surface area contributed by atoms with Gasteiger partial charge in [0.05, 0.1) is 7.11 Å². The van der Waals surface area contributed by atoms with Crippen LogP contribution in [0.3, 0.4) is 0 Å². The summed E-state index contributed by atoms with van der Waals surface area (Å²) < 4.78 is 10.5. The largest absolute Gasteiger partial charge is 0.496 e. The Kier molecular flexibility index (Phi) is 5.15. The third-order valence-electron chi connectivity index (χ3n) is 5.37. The number of nitrogens with zero attached hydrogens (tertiary/aromatic N) is 1. The minimum atomic E-state index is -0.863. The van der Waals surface area contributed by atoms with E-state index in [9.17, 15) is 14.4 Å². The summed E-state index contributed by atoms with van der Waals surface area (Å²) in [6.45, 7) is 1.61. The van der Waals surface area contributed by atoms with Crippen LogP contribution in [0.1, 0.15) is 38.2 Å². The minimum Gasteiger partial charge on any atom is -0.496 e. The van der Waals surface area contributed by atoms with Gasteiger partial charge in [-0.3, -0.25) is 14.5 Å². The molecule has 0 aromatic heterocycles. The molecule has 7 nitrogen and oxygen atoms in total. The number of nitrogens with one attached hydrogen (secondary N) is 1. The average molecular weight is 360 g/mol. The molecule has 26 heavy (non-hydrogen) atoms. The first-order valence-corrected chi connectivity index (χ1v) is 8.89. The number of benzene rings is 1. The molecule has 1 aromatic rings. The summed E-state index contributed by atoms with van der Waals surface area (Å²) in [5.41, 5.74) is -0.143. The maximum absolute atomic E-state index is 12.8. The molecule has 0 unspecified atom stereocenters. The Morgan fingerprint density at radius 1 is 1.31 bits per heavy atom. The highest BCUT2D eigenvalue weighted by atomic mass is 16.5. The minimum absolute atomic E-state index is 0.0219. The van der Waals surface area contributed by atoms with Crippen LogP contribution >= 0.6 is 0 Å². The molecule has 1 aliphatic carbocycles. The van der Waals surface area contributed by atoms with E-state index in [-0.39, 0.29) is 25.0 Å². The van der Waals surface area contributed by atoms with Crippen LogP contribution in [0, 0.1) is 5.92 Å². The molecule has 2 atom stereocenters. The van der Waals surface area contributed by atoms with Crippen molar-refractivity contribution in [2.24, 2.45) is 5.92 Å². The Morgan fingerprint density at radius 2 is 2.08 bits per heavy atom. The van der Waals surface area contributed by atoms with Gasteiger partial charge in [0.1, 0.15) is 24.4 Å². The van der Waals surface area contributed by atoms with E-state index in [4.69, 9.17) is 9.47 Å². The molecule has 1 heterocycles. The first-order chi connectivity index (χ1) is 12.5. The quantitative estimate of drug-likeness (QED) is 0.643. The number of urea groups is 1. The second-order valence-electron chi connectivity index (χ2n) is 6.91. The lowest BCUT2D eigenvalue weighted by atomic mass is 9.73. The average Bonchev–Trinajstić information content (AvgIpc) is 2.87. The smallest absolute Gasteiger partial charge is 0.326 e. The van der Waals surface area contributed by atoms with Crippen LogP contribution in [0.25, 0.3) is 0 Å². The summed E-state index contributed by atoms with van der Waals surface area (Å²) in [7, 11) is 1.54. The van der Waals surface area contributed by atoms with Crippen molar-refractivity contribution in [3.8, 4) is 5.75 Å². The zero-order valence-electron chi connectivity index (χ0n) is 15.1. The van der Waals surface area contributed by atoms with Crippen LogP contribution in [0.4, 0.5) is 4.79 Å². The predicted octanol–water partition coefficient (Wildman–Crippen LogP) is 2.24. The zero-order chi connectivity index (χ0) is 18.7. The van der Waals surface area contributed by atoms with Crippen molar-refractivity contribution in [3.63, 3.8) is 0 Å². The van der Waals surface area contributed by atoms with Gasteiger partial charge < -0.3 is 14.8 Å². The summed E-state index contributed by atoms with van der Waals surface area (Å²) in [5.74, 6) is -0.267. The molecule has 1 aromatic carbocycles. The normalized spacial score (nSPS) is 25.3. The molecular formula is C19H24N2O5. The maximum atomic E-state index is 12.8. The van der Waals surface area contributed by atoms with Gasteiger partial charge in [-0.1, -0.05) is 38.0 Å². The van der Waals surface area contributed by atoms with Crippen LogP contribution in [-0.4, -0.2) is 42.0 Å². The van der Waals surface area contributed by atoms with Crippen molar-refractivity contribution in [1.29, 1.82) is 0 Å². The van der Waals surface area contributed by atoms with Gasteiger partial charge in [0.2, 0.25) is 0 Å². The number of methoxy groups -OCH3 is 1. The van der Waals surface area contributed by atoms with Crippen molar-refractivity contribution < 1.29 is 23.9 Å². The number of carbonyl (C=O) groups excluding carboxylic acids is 3. The Labute approximate surface area is 152 Å². The molecule has 1 saturated carbocycles. The number of hydrogen-bond acceptors (Lipinski definition) is 5. The Balaban J connectivity index is 1.62. The third-order valence-corrected chi connectivity index (χ3v) is 5.37. The summed E-state index contributed by atoms with van der Waals surface area (Å²) in [4.78, 5) is 38.3. The van der Waals surface area contributed by atoms with E-state index < -0.39 is 17.5 Å². The fraction of sp³-hybridized carbons (Fsp3) is 0.526. The molecular weight excluding hydrogens is 336 g/mol. The number of carbonyl (C=O) groups is 3. The SMILES string of the molecule is COc1ccccc1COC(=O)CN1C(=O)N[C@]2(CCCC[C@H]2C)C1=O. The predicted molar refractivity (Wildman–Crippen MR) is 93.4 cm³/mol. The number of para-hydroxylation sites is 1. The van der Waals surface area contributed by atoms with Crippen molar-refractivity contribution >= 4 is 17.9 Å². The van der Waals surface area contributed by atoms with Crippen LogP contribution < -0.4 is 10.1 Å². The van der Waals surface area contributed by atoms with Gasteiger partial charge in [-0.15, -0.1) is 0 Å². The van der Waals surface area contributed by atoms with Crippen LogP contribution in [0.15, 0.2) is 24.3 Å². The second kappa shape index (κ2) is 7.35. The highest BCUT2D eigenvalue weighted by Crippen LogP contribution is 2.38. The summed E-state index contributed by atoms with van der Waals surface area (Å²) in [6, 6.07) is 6.69. The molecule has 0 bridgehead atoms. The zero-order valence-corrected chi connectivity index (χ0v) is 15.1. The standard InChI is InChI=1S/C19H24N2O5/c1-13-7-5-6-10-19(13)17(23)21(18(24)20-19)11-16(22)26-12-14-8-3-4-9-15(14)25-2/h3-4,8-9,13H,5-7,10-12H2,1-2H3,(H,20,24)/t13-,19+/m1/s1. The first-order valence-electron chi connectivity index (χ1n) is 8.89. The highest BCUT2D eigenvalue weighted by Gasteiger charge is 2.55. The highest BCUT2D eigenvalue weighted by molar-refractivity contribution is 6.08. The van der Waals surface area contributed by atoms with Crippen molar-refractivity contribution in [3.05, 3.63) is 29.8 Å². The van der Waals surface area contributed by atoms with E-state index >= 15 is 0 Å². The monoisotopic (exact) mass is 360 g/mol. The maximum Gasteiger partial charge on any atom is 0.326 e. The molecule has 3 amide bonds. The number of amides is 3. The number of ether oxygens (including phenoxy) is 2. The summed E-state index contributed by atoms with van der Waals surface area (Å²) in [5, 5.41) is 2.83. The number of imide groups is 1. The van der Waals surface area contributed by atoms with Gasteiger partial charge in [-0.2, -0.15) is 0 Å². The Bertz CT molecular complexity index is 720. The first kappa shape index (κ1) is 18.2. The van der Waals surface area contributed by atoms with Crippen LogP contribution in [-0.2, 0) is 20.9 Å². The van der Waals surface area contributed by atoms with Gasteiger partial charge in [0, 0.05) is 5.56 Å². The van der Waals surface area contributed by atoms with Gasteiger partial charge in [0.25, 0.3) is 5.91 Å². The fourth-order valence-electron chi connectivity index (χ4n) is 3.79. The lowest BCUT2D eigenvalue weighted by Gasteiger charge is -2.36. The summed E-state index contributed by atoms with van der Waals surface area (Å²) in [6.07, 6.45) is 3.44. The van der Waals surface area contributed by atoms with Crippen LogP contribution in [0.5, 0.6) is 5.75 Å². The van der Waals surface area contributed by atoms with E-state index in [1.54, 1.807) is 19.2 Å². The van der Waals surface area contributed by atoms with Gasteiger partial charge in [-0.05, 0) is 24.8 Å². The van der Waals surface area contributed by atoms with E-state index in [1.165, 1.54) is 0 Å². The third kappa shape index (κ3) is 3.25. The number of rotatable bonds is 5. The lowest BCUT2D eigenvalue weighted by molar-refractivity contribution is -0.149. The molecule has 0 radical (unpaired) electrons. The van der Waals surface area contributed by atoms with Crippen molar-refractivity contribution in [1.82, 2.24) is 10.2 Å². The summed E-state index contributed by atoms with van der Waals surface area (Å²) >= 11 is 0. The van der Waals surface area contributed by atoms with Crippen LogP contribution in [0.2, 0.25) is 0 Å². The molecule has 140 valence electrons. The molecule has 1 aliphatic heterocycles. The second-order valence-corrected chi connectivity index (χ2v) is 6.91. The van der Waals surface area contributed by atoms with E-state index in [2.05, 4.69) is 5.32 Å². The lowest BCUT2D eigenvalue weighted by Crippen LogP contribution is -2.54. The Hall–Kier alpha value is -2.57. The van der Waals surface area contributed by atoms with Crippen molar-refractivity contribution in [2.45, 2.75) is 44.8 Å². The molecule has 1 spiro atoms. The molecule has 2 fully saturated rings. The number of esters is 1. The molecule has 1 saturated heterocycles. The topological polar surface area (TPSA) is 84.9 Å². The molecule has 1 N–H and O–H groups in total. The Morgan fingerprint density at radius 3 is 2.81 bits per heavy atom. The van der Waals surface area contributed by atoms with Gasteiger partial charge in [0.15, 0.2) is 0 Å². The molecule has 3 rings (SSSR count). The van der Waals surface area contributed by atoms with E-state index in [0.29, 0.717) is 12.2 Å². The van der Waals surface area contributed by atoms with Gasteiger partial charge in [-0.25, -0.2) is 4.79 Å². The van der Waals surface area contributed by atoms with Crippen molar-refractivity contribution in [2.75, 3.05) is 13.7 Å².